The number of hydrogen-bond acceptors (Lipinski definition) is 1. The molecule has 10 heavy (non-hydrogen) atoms. The first-order chi connectivity index (χ1) is 4.68. The van der Waals surface area contributed by atoms with Crippen molar-refractivity contribution in [2.24, 2.45) is 5.92 Å². The van der Waals surface area contributed by atoms with Crippen LogP contribution in [-0.2, 0) is 6.42 Å². The molecule has 0 aliphatic carbocycles. The third-order valence-corrected chi connectivity index (χ3v) is 1.66. The lowest BCUT2D eigenvalue weighted by atomic mass is 10.1. The minimum absolute atomic E-state index is 0.665. The molecule has 0 fully saturated rings. The second-order valence-corrected chi connectivity index (χ2v) is 3.59. The maximum Gasteiger partial charge on any atom is 0.169 e. The largest absolute Gasteiger partial charge is 0.454 e. The Kier molecular flexibility index (Phi) is 2.55. The van der Waals surface area contributed by atoms with Crippen LogP contribution in [0, 0.1) is 5.92 Å². The van der Waals surface area contributed by atoms with Crippen molar-refractivity contribution in [3.05, 3.63) is 22.6 Å². The van der Waals surface area contributed by atoms with E-state index in [0.717, 1.165) is 16.9 Å². The number of halogens is 1. The van der Waals surface area contributed by atoms with Crippen LogP contribution in [0.5, 0.6) is 0 Å². The van der Waals surface area contributed by atoms with Crippen LogP contribution in [0.1, 0.15) is 19.6 Å². The first-order valence-electron chi connectivity index (χ1n) is 3.42. The van der Waals surface area contributed by atoms with Crippen LogP contribution in [0.15, 0.2) is 21.2 Å². The topological polar surface area (TPSA) is 13.1 Å². The van der Waals surface area contributed by atoms with Crippen molar-refractivity contribution < 1.29 is 4.42 Å². The highest BCUT2D eigenvalue weighted by Gasteiger charge is 2.01. The SMILES string of the molecule is CC(C)Cc1ccc(Br)o1. The number of rotatable bonds is 2. The number of hydrogen-bond donors (Lipinski definition) is 0. The van der Waals surface area contributed by atoms with Crippen LogP contribution in [0.4, 0.5) is 0 Å². The summed E-state index contributed by atoms with van der Waals surface area (Å²) in [5.74, 6) is 1.72. The van der Waals surface area contributed by atoms with Crippen molar-refractivity contribution in [1.82, 2.24) is 0 Å². The quantitative estimate of drug-likeness (QED) is 0.719. The minimum atomic E-state index is 0.665. The van der Waals surface area contributed by atoms with E-state index in [-0.39, 0.29) is 0 Å². The molecular formula is C8H11BrO. The Labute approximate surface area is 69.6 Å². The molecule has 0 radical (unpaired) electrons. The summed E-state index contributed by atoms with van der Waals surface area (Å²) < 4.78 is 6.13. The third kappa shape index (κ3) is 2.18. The molecule has 0 bridgehead atoms. The Bertz CT molecular complexity index is 203. The molecule has 0 aliphatic heterocycles. The van der Waals surface area contributed by atoms with Crippen molar-refractivity contribution in [1.29, 1.82) is 0 Å². The van der Waals surface area contributed by atoms with E-state index in [9.17, 15) is 0 Å². The molecule has 0 N–H and O–H groups in total. The molecule has 1 heterocycles. The van der Waals surface area contributed by atoms with Gasteiger partial charge in [-0.05, 0) is 34.0 Å². The molecule has 0 spiro atoms. The van der Waals surface area contributed by atoms with Gasteiger partial charge in [-0.15, -0.1) is 0 Å². The molecule has 1 nitrogen and oxygen atoms in total. The standard InChI is InChI=1S/C8H11BrO/c1-6(2)5-7-3-4-8(9)10-7/h3-4,6H,5H2,1-2H3. The smallest absolute Gasteiger partial charge is 0.169 e. The highest BCUT2D eigenvalue weighted by molar-refractivity contribution is 9.10. The summed E-state index contributed by atoms with van der Waals surface area (Å²) in [4.78, 5) is 0. The molecule has 1 rings (SSSR count). The fraction of sp³-hybridized carbons (Fsp3) is 0.500. The van der Waals surface area contributed by atoms with Crippen molar-refractivity contribution in [2.45, 2.75) is 20.3 Å². The fourth-order valence-electron chi connectivity index (χ4n) is 0.864. The summed E-state index contributed by atoms with van der Waals surface area (Å²) in [7, 11) is 0. The zero-order valence-corrected chi connectivity index (χ0v) is 7.81. The Morgan fingerprint density at radius 1 is 1.50 bits per heavy atom. The molecule has 56 valence electrons. The maximum absolute atomic E-state index is 5.31. The first-order valence-corrected chi connectivity index (χ1v) is 4.22. The van der Waals surface area contributed by atoms with Gasteiger partial charge in [-0.25, -0.2) is 0 Å². The van der Waals surface area contributed by atoms with Crippen molar-refractivity contribution in [2.75, 3.05) is 0 Å². The fourth-order valence-corrected chi connectivity index (χ4v) is 1.20. The Balaban J connectivity index is 2.58. The monoisotopic (exact) mass is 202 g/mol. The molecule has 0 aromatic carbocycles. The van der Waals surface area contributed by atoms with Crippen LogP contribution >= 0.6 is 15.9 Å². The lowest BCUT2D eigenvalue weighted by molar-refractivity contribution is 0.456. The number of furan rings is 1. The summed E-state index contributed by atoms with van der Waals surface area (Å²) in [5.41, 5.74) is 0. The summed E-state index contributed by atoms with van der Waals surface area (Å²) in [6, 6.07) is 3.93. The van der Waals surface area contributed by atoms with E-state index >= 15 is 0 Å². The molecule has 0 saturated heterocycles. The molecule has 0 unspecified atom stereocenters. The van der Waals surface area contributed by atoms with E-state index < -0.39 is 0 Å². The summed E-state index contributed by atoms with van der Waals surface area (Å²) in [6.07, 6.45) is 1.02. The summed E-state index contributed by atoms with van der Waals surface area (Å²) >= 11 is 3.26. The normalized spacial score (nSPS) is 10.8. The average molecular weight is 203 g/mol. The molecule has 1 aromatic rings. The minimum Gasteiger partial charge on any atom is -0.454 e. The summed E-state index contributed by atoms with van der Waals surface area (Å²) in [6.45, 7) is 4.35. The lowest BCUT2D eigenvalue weighted by Gasteiger charge is -1.98. The van der Waals surface area contributed by atoms with Gasteiger partial charge in [0.25, 0.3) is 0 Å². The van der Waals surface area contributed by atoms with Gasteiger partial charge in [0.15, 0.2) is 4.67 Å². The van der Waals surface area contributed by atoms with Gasteiger partial charge in [-0.2, -0.15) is 0 Å². The highest BCUT2D eigenvalue weighted by atomic mass is 79.9. The molecule has 0 aliphatic rings. The van der Waals surface area contributed by atoms with Gasteiger partial charge in [-0.3, -0.25) is 0 Å². The van der Waals surface area contributed by atoms with E-state index in [1.807, 2.05) is 12.1 Å². The van der Waals surface area contributed by atoms with Crippen LogP contribution < -0.4 is 0 Å². The molecule has 0 atom stereocenters. The van der Waals surface area contributed by atoms with E-state index in [1.165, 1.54) is 0 Å². The lowest BCUT2D eigenvalue weighted by Crippen LogP contribution is -1.90. The van der Waals surface area contributed by atoms with Gasteiger partial charge >= 0.3 is 0 Å². The highest BCUT2D eigenvalue weighted by Crippen LogP contribution is 2.16. The van der Waals surface area contributed by atoms with Crippen LogP contribution in [0.3, 0.4) is 0 Å². The van der Waals surface area contributed by atoms with E-state index in [2.05, 4.69) is 29.8 Å². The molecule has 1 aromatic heterocycles. The Hall–Kier alpha value is -0.240. The predicted molar refractivity (Wildman–Crippen MR) is 45.0 cm³/mol. The van der Waals surface area contributed by atoms with Gasteiger partial charge in [0.1, 0.15) is 5.76 Å². The van der Waals surface area contributed by atoms with Crippen molar-refractivity contribution >= 4 is 15.9 Å². The van der Waals surface area contributed by atoms with Gasteiger partial charge in [-0.1, -0.05) is 13.8 Å². The van der Waals surface area contributed by atoms with Crippen molar-refractivity contribution in [3.8, 4) is 0 Å². The van der Waals surface area contributed by atoms with E-state index in [1.54, 1.807) is 0 Å². The van der Waals surface area contributed by atoms with Gasteiger partial charge < -0.3 is 4.42 Å². The average Bonchev–Trinajstić information content (AvgIpc) is 2.13. The van der Waals surface area contributed by atoms with Crippen LogP contribution in [0.2, 0.25) is 0 Å². The Morgan fingerprint density at radius 2 is 2.20 bits per heavy atom. The summed E-state index contributed by atoms with van der Waals surface area (Å²) in [5, 5.41) is 0. The van der Waals surface area contributed by atoms with E-state index in [4.69, 9.17) is 4.42 Å². The van der Waals surface area contributed by atoms with Gasteiger partial charge in [0.2, 0.25) is 0 Å². The van der Waals surface area contributed by atoms with Gasteiger partial charge in [0.05, 0.1) is 0 Å². The van der Waals surface area contributed by atoms with Crippen LogP contribution in [0.25, 0.3) is 0 Å². The maximum atomic E-state index is 5.31. The third-order valence-electron chi connectivity index (χ3n) is 1.24. The second-order valence-electron chi connectivity index (χ2n) is 2.80. The molecule has 2 heteroatoms. The van der Waals surface area contributed by atoms with E-state index in [0.29, 0.717) is 5.92 Å². The molecule has 0 amide bonds. The zero-order valence-electron chi connectivity index (χ0n) is 6.23. The first kappa shape index (κ1) is 7.86. The van der Waals surface area contributed by atoms with Crippen molar-refractivity contribution in [3.63, 3.8) is 0 Å². The van der Waals surface area contributed by atoms with Crippen LogP contribution in [-0.4, -0.2) is 0 Å². The Morgan fingerprint density at radius 3 is 2.60 bits per heavy atom. The van der Waals surface area contributed by atoms with Gasteiger partial charge in [0, 0.05) is 6.42 Å². The molecule has 0 saturated carbocycles. The second kappa shape index (κ2) is 3.24. The predicted octanol–water partition coefficient (Wildman–Crippen LogP) is 3.24. The zero-order chi connectivity index (χ0) is 7.56. The molecular weight excluding hydrogens is 192 g/mol.